The summed E-state index contributed by atoms with van der Waals surface area (Å²) in [6, 6.07) is 55.2. The molecule has 0 bridgehead atoms. The van der Waals surface area contributed by atoms with Gasteiger partial charge in [-0.1, -0.05) is 146 Å². The normalized spacial score (nSPS) is 11.8. The fourth-order valence-corrected chi connectivity index (χ4v) is 7.94. The van der Waals surface area contributed by atoms with E-state index in [9.17, 15) is 0 Å². The van der Waals surface area contributed by atoms with Gasteiger partial charge in [-0.15, -0.1) is 5.10 Å². The van der Waals surface area contributed by atoms with Crippen molar-refractivity contribution < 1.29 is 0 Å². The molecule has 6 aromatic carbocycles. The Hall–Kier alpha value is -6.73. The molecule has 7 nitrogen and oxygen atoms in total. The number of hydrogen-bond acceptors (Lipinski definition) is 5. The summed E-state index contributed by atoms with van der Waals surface area (Å²) in [5, 5.41) is 16.2. The minimum absolute atomic E-state index is 0.667. The summed E-state index contributed by atoms with van der Waals surface area (Å²) in [4.78, 5) is 10.00. The summed E-state index contributed by atoms with van der Waals surface area (Å²) in [6.45, 7) is 6.30. The third-order valence-electron chi connectivity index (χ3n) is 10.3. The lowest BCUT2D eigenvalue weighted by molar-refractivity contribution is 0.451. The Kier molecular flexibility index (Phi) is 7.96. The minimum atomic E-state index is -0.858. The molecule has 0 atom stereocenters. The molecular weight excluding hydrogens is 651 g/mol. The Bertz CT molecular complexity index is 2630. The number of hydrogen-bond donors (Lipinski definition) is 0. The predicted octanol–water partition coefficient (Wildman–Crippen LogP) is 9.91. The summed E-state index contributed by atoms with van der Waals surface area (Å²) in [6.07, 6.45) is 0.793. The summed E-state index contributed by atoms with van der Waals surface area (Å²) in [5.74, 6) is 1.66. The van der Waals surface area contributed by atoms with E-state index in [-0.39, 0.29) is 0 Å². The van der Waals surface area contributed by atoms with Crippen LogP contribution < -0.4 is 0 Å². The van der Waals surface area contributed by atoms with Gasteiger partial charge in [-0.3, -0.25) is 4.57 Å². The number of aromatic nitrogens is 7. The molecule has 0 saturated heterocycles. The standard InChI is InChI=1S/C46H37N7/c1-4-42-48-43-31(2)29-32(3)47-45(43)52(42)41-26-16-17-33-30-34(27-28-39(33)41)38-24-14-15-25-40(38)44-49-50-51-53(44)46(35-18-8-5-9-19-35,36-20-10-6-11-21-36)37-22-12-7-13-23-37/h5-30H,4H2,1-3H3. The number of aryl methyl sites for hydroxylation is 3. The highest BCUT2D eigenvalue weighted by atomic mass is 15.6. The first-order valence-corrected chi connectivity index (χ1v) is 18.0. The molecule has 0 amide bonds. The van der Waals surface area contributed by atoms with Gasteiger partial charge in [0.15, 0.2) is 11.5 Å². The molecule has 53 heavy (non-hydrogen) atoms. The zero-order valence-corrected chi connectivity index (χ0v) is 29.8. The summed E-state index contributed by atoms with van der Waals surface area (Å²) < 4.78 is 4.23. The fraction of sp³-hybridized carbons (Fsp3) is 0.109. The van der Waals surface area contributed by atoms with E-state index < -0.39 is 5.54 Å². The second-order valence-corrected chi connectivity index (χ2v) is 13.5. The van der Waals surface area contributed by atoms with Gasteiger partial charge in [0.05, 0.1) is 5.69 Å². The molecule has 0 radical (unpaired) electrons. The zero-order valence-electron chi connectivity index (χ0n) is 29.8. The maximum Gasteiger partial charge on any atom is 0.184 e. The molecule has 9 aromatic rings. The first-order chi connectivity index (χ1) is 26.1. The average Bonchev–Trinajstić information content (AvgIpc) is 3.85. The Morgan fingerprint density at radius 3 is 1.87 bits per heavy atom. The largest absolute Gasteiger partial charge is 0.280 e. The molecule has 0 aliphatic heterocycles. The monoisotopic (exact) mass is 687 g/mol. The lowest BCUT2D eigenvalue weighted by Gasteiger charge is -2.36. The second kappa shape index (κ2) is 13.1. The molecule has 0 aliphatic carbocycles. The van der Waals surface area contributed by atoms with Gasteiger partial charge in [-0.25, -0.2) is 14.6 Å². The van der Waals surface area contributed by atoms with E-state index in [2.05, 4.69) is 163 Å². The van der Waals surface area contributed by atoms with E-state index in [0.717, 1.165) is 84.5 Å². The van der Waals surface area contributed by atoms with Crippen LogP contribution in [0, 0.1) is 13.8 Å². The number of fused-ring (bicyclic) bond motifs is 2. The van der Waals surface area contributed by atoms with Crippen molar-refractivity contribution in [1.82, 2.24) is 34.7 Å². The maximum atomic E-state index is 5.03. The van der Waals surface area contributed by atoms with E-state index in [1.807, 2.05) is 29.8 Å². The van der Waals surface area contributed by atoms with E-state index in [1.54, 1.807) is 0 Å². The molecule has 256 valence electrons. The Morgan fingerprint density at radius 1 is 0.604 bits per heavy atom. The smallest absolute Gasteiger partial charge is 0.184 e. The van der Waals surface area contributed by atoms with Gasteiger partial charge in [0.2, 0.25) is 0 Å². The predicted molar refractivity (Wildman–Crippen MR) is 212 cm³/mol. The van der Waals surface area contributed by atoms with Crippen molar-refractivity contribution in [1.29, 1.82) is 0 Å². The second-order valence-electron chi connectivity index (χ2n) is 13.5. The van der Waals surface area contributed by atoms with Crippen molar-refractivity contribution >= 4 is 21.9 Å². The van der Waals surface area contributed by atoms with Crippen LogP contribution in [-0.2, 0) is 12.0 Å². The molecule has 7 heteroatoms. The molecule has 0 N–H and O–H groups in total. The fourth-order valence-electron chi connectivity index (χ4n) is 7.94. The van der Waals surface area contributed by atoms with Crippen LogP contribution >= 0.6 is 0 Å². The number of pyridine rings is 1. The maximum absolute atomic E-state index is 5.03. The van der Waals surface area contributed by atoms with Crippen molar-refractivity contribution in [2.75, 3.05) is 0 Å². The Labute approximate surface area is 308 Å². The van der Waals surface area contributed by atoms with Crippen LogP contribution in [0.3, 0.4) is 0 Å². The van der Waals surface area contributed by atoms with Crippen LogP contribution in [0.5, 0.6) is 0 Å². The lowest BCUT2D eigenvalue weighted by atomic mass is 9.77. The molecule has 9 rings (SSSR count). The number of tetrazole rings is 1. The van der Waals surface area contributed by atoms with Crippen molar-refractivity contribution in [3.8, 4) is 28.2 Å². The van der Waals surface area contributed by atoms with Gasteiger partial charge in [0.25, 0.3) is 0 Å². The highest BCUT2D eigenvalue weighted by Gasteiger charge is 2.42. The van der Waals surface area contributed by atoms with Gasteiger partial charge in [0.1, 0.15) is 16.9 Å². The molecular formula is C46H37N7. The van der Waals surface area contributed by atoms with Gasteiger partial charge >= 0.3 is 0 Å². The van der Waals surface area contributed by atoms with Crippen LogP contribution in [0.2, 0.25) is 0 Å². The number of benzene rings is 6. The van der Waals surface area contributed by atoms with Gasteiger partial charge < -0.3 is 0 Å². The minimum Gasteiger partial charge on any atom is -0.280 e. The van der Waals surface area contributed by atoms with E-state index in [0.29, 0.717) is 5.82 Å². The van der Waals surface area contributed by atoms with E-state index in [1.165, 1.54) is 0 Å². The Morgan fingerprint density at radius 2 is 1.23 bits per heavy atom. The van der Waals surface area contributed by atoms with Crippen molar-refractivity contribution in [2.24, 2.45) is 0 Å². The molecule has 0 fully saturated rings. The third-order valence-corrected chi connectivity index (χ3v) is 10.3. The molecule has 0 spiro atoms. The summed E-state index contributed by atoms with van der Waals surface area (Å²) in [7, 11) is 0. The Balaban J connectivity index is 1.24. The van der Waals surface area contributed by atoms with E-state index >= 15 is 0 Å². The summed E-state index contributed by atoms with van der Waals surface area (Å²) in [5.41, 5.74) is 10.4. The average molecular weight is 688 g/mol. The summed E-state index contributed by atoms with van der Waals surface area (Å²) >= 11 is 0. The van der Waals surface area contributed by atoms with Crippen molar-refractivity contribution in [3.63, 3.8) is 0 Å². The van der Waals surface area contributed by atoms with Gasteiger partial charge in [-0.05, 0) is 81.2 Å². The number of nitrogens with zero attached hydrogens (tertiary/aromatic N) is 7. The first kappa shape index (κ1) is 32.2. The zero-order chi connectivity index (χ0) is 35.9. The molecule has 3 heterocycles. The van der Waals surface area contributed by atoms with Gasteiger partial charge in [-0.2, -0.15) is 0 Å². The molecule has 0 aliphatic rings. The highest BCUT2D eigenvalue weighted by Crippen LogP contribution is 2.43. The third kappa shape index (κ3) is 5.23. The highest BCUT2D eigenvalue weighted by molar-refractivity contribution is 5.96. The van der Waals surface area contributed by atoms with Gasteiger partial charge in [0, 0.05) is 23.1 Å². The quantitative estimate of drug-likeness (QED) is 0.149. The first-order valence-electron chi connectivity index (χ1n) is 18.0. The molecule has 0 unspecified atom stereocenters. The van der Waals surface area contributed by atoms with E-state index in [4.69, 9.17) is 20.3 Å². The lowest BCUT2D eigenvalue weighted by Crippen LogP contribution is -2.39. The van der Waals surface area contributed by atoms with Crippen LogP contribution in [-0.4, -0.2) is 34.7 Å². The number of imidazole rings is 1. The molecule has 0 saturated carbocycles. The van der Waals surface area contributed by atoms with Crippen LogP contribution in [0.4, 0.5) is 0 Å². The number of rotatable bonds is 8. The van der Waals surface area contributed by atoms with Crippen LogP contribution in [0.25, 0.3) is 50.1 Å². The van der Waals surface area contributed by atoms with Crippen LogP contribution in [0.15, 0.2) is 158 Å². The van der Waals surface area contributed by atoms with Crippen molar-refractivity contribution in [2.45, 2.75) is 32.7 Å². The van der Waals surface area contributed by atoms with Crippen molar-refractivity contribution in [3.05, 3.63) is 191 Å². The topological polar surface area (TPSA) is 74.3 Å². The van der Waals surface area contributed by atoms with Crippen LogP contribution in [0.1, 0.15) is 40.7 Å². The SMILES string of the molecule is CCc1nc2c(C)cc(C)nc2n1-c1cccc2cc(-c3ccccc3-c3nnnn3C(c3ccccc3)(c3ccccc3)c3ccccc3)ccc12. The molecule has 3 aromatic heterocycles.